The number of methoxy groups -OCH3 is 1. The normalized spacial score (nSPS) is 6.22. The summed E-state index contributed by atoms with van der Waals surface area (Å²) in [5, 5.41) is 0. The van der Waals surface area contributed by atoms with Gasteiger partial charge in [-0.2, -0.15) is 0 Å². The SMILES string of the molecule is C.CCC(C)=O.COC. The van der Waals surface area contributed by atoms with E-state index in [0.717, 1.165) is 0 Å². The van der Waals surface area contributed by atoms with Crippen LogP contribution >= 0.6 is 0 Å². The topological polar surface area (TPSA) is 26.3 Å². The van der Waals surface area contributed by atoms with Crippen molar-refractivity contribution >= 4 is 5.78 Å². The van der Waals surface area contributed by atoms with Gasteiger partial charge in [0.25, 0.3) is 0 Å². The fraction of sp³-hybridized carbons (Fsp3) is 0.857. The fourth-order valence-corrected chi connectivity index (χ4v) is 0. The van der Waals surface area contributed by atoms with Crippen LogP contribution in [0.1, 0.15) is 27.7 Å². The second-order valence-corrected chi connectivity index (χ2v) is 1.46. The van der Waals surface area contributed by atoms with Crippen molar-refractivity contribution in [1.29, 1.82) is 0 Å². The highest BCUT2D eigenvalue weighted by molar-refractivity contribution is 5.74. The Morgan fingerprint density at radius 1 is 1.44 bits per heavy atom. The van der Waals surface area contributed by atoms with Crippen LogP contribution in [-0.2, 0) is 9.53 Å². The molecular formula is C7H18O2. The highest BCUT2D eigenvalue weighted by Crippen LogP contribution is 1.71. The van der Waals surface area contributed by atoms with E-state index in [2.05, 4.69) is 4.74 Å². The largest absolute Gasteiger partial charge is 0.388 e. The molecule has 0 fully saturated rings. The lowest BCUT2D eigenvalue weighted by atomic mass is 10.4. The van der Waals surface area contributed by atoms with Gasteiger partial charge >= 0.3 is 0 Å². The van der Waals surface area contributed by atoms with Gasteiger partial charge in [0, 0.05) is 20.6 Å². The molecular weight excluding hydrogens is 116 g/mol. The van der Waals surface area contributed by atoms with E-state index in [1.54, 1.807) is 21.1 Å². The van der Waals surface area contributed by atoms with Crippen LogP contribution in [0, 0.1) is 0 Å². The van der Waals surface area contributed by atoms with Crippen LogP contribution in [0.5, 0.6) is 0 Å². The van der Waals surface area contributed by atoms with E-state index >= 15 is 0 Å². The molecule has 58 valence electrons. The first-order valence-corrected chi connectivity index (χ1v) is 2.58. The standard InChI is InChI=1S/C4H8O.C2H6O.CH4/c1-3-4(2)5;1-3-2;/h3H2,1-2H3;1-2H3;1H4. The van der Waals surface area contributed by atoms with E-state index in [4.69, 9.17) is 0 Å². The van der Waals surface area contributed by atoms with E-state index in [0.29, 0.717) is 6.42 Å². The molecule has 2 nitrogen and oxygen atoms in total. The molecule has 0 aromatic carbocycles. The summed E-state index contributed by atoms with van der Waals surface area (Å²) < 4.78 is 4.25. The fourth-order valence-electron chi connectivity index (χ4n) is 0. The van der Waals surface area contributed by atoms with Crippen molar-refractivity contribution in [3.63, 3.8) is 0 Å². The zero-order valence-corrected chi connectivity index (χ0v) is 6.02. The van der Waals surface area contributed by atoms with Crippen LogP contribution in [0.4, 0.5) is 0 Å². The van der Waals surface area contributed by atoms with E-state index in [-0.39, 0.29) is 13.2 Å². The van der Waals surface area contributed by atoms with E-state index in [9.17, 15) is 4.79 Å². The predicted molar refractivity (Wildman–Crippen MR) is 40.6 cm³/mol. The molecule has 0 saturated heterocycles. The number of rotatable bonds is 1. The van der Waals surface area contributed by atoms with Crippen molar-refractivity contribution in [3.8, 4) is 0 Å². The maximum absolute atomic E-state index is 9.81. The highest BCUT2D eigenvalue weighted by Gasteiger charge is 1.76. The summed E-state index contributed by atoms with van der Waals surface area (Å²) in [4.78, 5) is 9.81. The summed E-state index contributed by atoms with van der Waals surface area (Å²) in [6.07, 6.45) is 0.667. The van der Waals surface area contributed by atoms with Crippen molar-refractivity contribution in [3.05, 3.63) is 0 Å². The minimum atomic E-state index is 0. The molecule has 0 atom stereocenters. The molecule has 0 aliphatic heterocycles. The third-order valence-corrected chi connectivity index (χ3v) is 0.498. The molecule has 0 unspecified atom stereocenters. The molecule has 9 heavy (non-hydrogen) atoms. The molecule has 0 radical (unpaired) electrons. The van der Waals surface area contributed by atoms with Crippen molar-refractivity contribution in [2.24, 2.45) is 0 Å². The molecule has 0 aromatic heterocycles. The van der Waals surface area contributed by atoms with Crippen LogP contribution in [0.25, 0.3) is 0 Å². The average molecular weight is 134 g/mol. The first kappa shape index (κ1) is 15.9. The highest BCUT2D eigenvalue weighted by atomic mass is 16.4. The number of carbonyl (C=O) groups is 1. The molecule has 0 heterocycles. The minimum Gasteiger partial charge on any atom is -0.388 e. The maximum Gasteiger partial charge on any atom is 0.129 e. The van der Waals surface area contributed by atoms with Gasteiger partial charge < -0.3 is 9.53 Å². The first-order chi connectivity index (χ1) is 3.68. The monoisotopic (exact) mass is 134 g/mol. The van der Waals surface area contributed by atoms with E-state index in [1.165, 1.54) is 0 Å². The van der Waals surface area contributed by atoms with E-state index < -0.39 is 0 Å². The van der Waals surface area contributed by atoms with Crippen molar-refractivity contribution in [2.45, 2.75) is 27.7 Å². The Morgan fingerprint density at radius 2 is 1.56 bits per heavy atom. The molecule has 0 aromatic rings. The van der Waals surface area contributed by atoms with Gasteiger partial charge in [-0.1, -0.05) is 14.4 Å². The third-order valence-electron chi connectivity index (χ3n) is 0.498. The van der Waals surface area contributed by atoms with Crippen molar-refractivity contribution in [1.82, 2.24) is 0 Å². The summed E-state index contributed by atoms with van der Waals surface area (Å²) >= 11 is 0. The smallest absolute Gasteiger partial charge is 0.129 e. The Balaban J connectivity index is -0.0000000800. The number of hydrogen-bond acceptors (Lipinski definition) is 2. The Labute approximate surface area is 58.2 Å². The Kier molecular flexibility index (Phi) is 27.6. The Bertz CT molecular complexity index is 50.9. The van der Waals surface area contributed by atoms with Gasteiger partial charge in [0.15, 0.2) is 0 Å². The molecule has 0 rings (SSSR count). The van der Waals surface area contributed by atoms with Gasteiger partial charge in [-0.25, -0.2) is 0 Å². The zero-order valence-electron chi connectivity index (χ0n) is 6.02. The number of Topliss-reactive ketones (excluding diaryl/α,β-unsaturated/α-hetero) is 1. The van der Waals surface area contributed by atoms with Crippen LogP contribution < -0.4 is 0 Å². The molecule has 0 saturated carbocycles. The Morgan fingerprint density at radius 3 is 1.56 bits per heavy atom. The van der Waals surface area contributed by atoms with Crippen LogP contribution in [0.15, 0.2) is 0 Å². The molecule has 0 spiro atoms. The molecule has 0 aliphatic rings. The Hall–Kier alpha value is -0.370. The minimum absolute atomic E-state index is 0. The van der Waals surface area contributed by atoms with Gasteiger partial charge in [0.2, 0.25) is 0 Å². The predicted octanol–water partition coefficient (Wildman–Crippen LogP) is 1.88. The zero-order chi connectivity index (χ0) is 6.99. The van der Waals surface area contributed by atoms with Crippen LogP contribution in [-0.4, -0.2) is 20.0 Å². The van der Waals surface area contributed by atoms with Crippen molar-refractivity contribution < 1.29 is 9.53 Å². The average Bonchev–Trinajstić information content (AvgIpc) is 1.69. The lowest BCUT2D eigenvalue weighted by Gasteiger charge is -1.71. The quantitative estimate of drug-likeness (QED) is 0.547. The second-order valence-electron chi connectivity index (χ2n) is 1.46. The van der Waals surface area contributed by atoms with Gasteiger partial charge in [-0.15, -0.1) is 0 Å². The molecule has 0 amide bonds. The third kappa shape index (κ3) is 91.0. The summed E-state index contributed by atoms with van der Waals surface area (Å²) in [6, 6.07) is 0. The number of ether oxygens (including phenoxy) is 1. The van der Waals surface area contributed by atoms with Gasteiger partial charge in [0.1, 0.15) is 5.78 Å². The van der Waals surface area contributed by atoms with Gasteiger partial charge in [0.05, 0.1) is 0 Å². The molecule has 2 heteroatoms. The summed E-state index contributed by atoms with van der Waals surface area (Å²) in [5.41, 5.74) is 0. The number of carbonyl (C=O) groups excluding carboxylic acids is 1. The number of hydrogen-bond donors (Lipinski definition) is 0. The second kappa shape index (κ2) is 15.6. The van der Waals surface area contributed by atoms with Gasteiger partial charge in [-0.05, 0) is 6.92 Å². The molecule has 0 bridgehead atoms. The summed E-state index contributed by atoms with van der Waals surface area (Å²) in [7, 11) is 3.25. The van der Waals surface area contributed by atoms with E-state index in [1.807, 2.05) is 6.92 Å². The van der Waals surface area contributed by atoms with Crippen molar-refractivity contribution in [2.75, 3.05) is 14.2 Å². The maximum atomic E-state index is 9.81. The number of ketones is 1. The summed E-state index contributed by atoms with van der Waals surface area (Å²) in [6.45, 7) is 3.43. The van der Waals surface area contributed by atoms with Crippen LogP contribution in [0.3, 0.4) is 0 Å². The lowest BCUT2D eigenvalue weighted by Crippen LogP contribution is -1.80. The molecule has 0 aliphatic carbocycles. The van der Waals surface area contributed by atoms with Gasteiger partial charge in [-0.3, -0.25) is 0 Å². The first-order valence-electron chi connectivity index (χ1n) is 2.58. The summed E-state index contributed by atoms with van der Waals surface area (Å²) in [5.74, 6) is 0.255. The molecule has 0 N–H and O–H groups in total. The van der Waals surface area contributed by atoms with Crippen LogP contribution in [0.2, 0.25) is 0 Å². The lowest BCUT2D eigenvalue weighted by molar-refractivity contribution is -0.116.